The first-order chi connectivity index (χ1) is 12.0. The molecule has 0 amide bonds. The summed E-state index contributed by atoms with van der Waals surface area (Å²) in [7, 11) is 0. The van der Waals surface area contributed by atoms with Gasteiger partial charge in [0.05, 0.1) is 5.56 Å². The van der Waals surface area contributed by atoms with Crippen LogP contribution in [0.15, 0.2) is 66.7 Å². The molecule has 3 aromatic carbocycles. The number of halogens is 2. The van der Waals surface area contributed by atoms with Crippen LogP contribution in [0.3, 0.4) is 0 Å². The molecule has 0 atom stereocenters. The number of aromatic carboxylic acids is 1. The van der Waals surface area contributed by atoms with Gasteiger partial charge in [-0.1, -0.05) is 65.7 Å². The second kappa shape index (κ2) is 7.56. The van der Waals surface area contributed by atoms with Gasteiger partial charge >= 0.3 is 5.97 Å². The van der Waals surface area contributed by atoms with Crippen molar-refractivity contribution in [2.75, 3.05) is 0 Å². The van der Waals surface area contributed by atoms with Crippen LogP contribution >= 0.6 is 23.2 Å². The summed E-state index contributed by atoms with van der Waals surface area (Å²) in [5, 5.41) is 10.3. The maximum absolute atomic E-state index is 10.9. The van der Waals surface area contributed by atoms with Crippen molar-refractivity contribution in [3.05, 3.63) is 93.5 Å². The summed E-state index contributed by atoms with van der Waals surface area (Å²) >= 11 is 12.1. The zero-order valence-electron chi connectivity index (χ0n) is 13.1. The minimum absolute atomic E-state index is 0.266. The van der Waals surface area contributed by atoms with Crippen LogP contribution in [0.5, 0.6) is 0 Å². The summed E-state index contributed by atoms with van der Waals surface area (Å²) in [6, 6.07) is 20.1. The van der Waals surface area contributed by atoms with Gasteiger partial charge in [-0.2, -0.15) is 0 Å². The average Bonchev–Trinajstić information content (AvgIpc) is 2.61. The van der Waals surface area contributed by atoms with Gasteiger partial charge < -0.3 is 5.11 Å². The molecule has 0 aliphatic rings. The number of hydrogen-bond acceptors (Lipinski definition) is 1. The molecule has 0 radical (unpaired) electrons. The first-order valence-electron chi connectivity index (χ1n) is 7.60. The Labute approximate surface area is 156 Å². The Morgan fingerprint density at radius 1 is 0.800 bits per heavy atom. The van der Waals surface area contributed by atoms with E-state index in [2.05, 4.69) is 0 Å². The van der Waals surface area contributed by atoms with Gasteiger partial charge in [-0.05, 0) is 58.7 Å². The molecule has 4 heteroatoms. The first kappa shape index (κ1) is 17.3. The highest BCUT2D eigenvalue weighted by molar-refractivity contribution is 6.31. The van der Waals surface area contributed by atoms with Crippen molar-refractivity contribution >= 4 is 41.3 Å². The van der Waals surface area contributed by atoms with Crippen LogP contribution in [-0.4, -0.2) is 11.1 Å². The van der Waals surface area contributed by atoms with Crippen LogP contribution in [0.2, 0.25) is 10.0 Å². The smallest absolute Gasteiger partial charge is 0.335 e. The summed E-state index contributed by atoms with van der Waals surface area (Å²) in [5.74, 6) is -0.935. The molecule has 0 aliphatic heterocycles. The summed E-state index contributed by atoms with van der Waals surface area (Å²) in [6.07, 6.45) is 3.89. The third-order valence-corrected chi connectivity index (χ3v) is 4.27. The normalized spacial score (nSPS) is 11.0. The number of benzene rings is 3. The molecule has 1 N–H and O–H groups in total. The van der Waals surface area contributed by atoms with Gasteiger partial charge in [-0.15, -0.1) is 0 Å². The minimum Gasteiger partial charge on any atom is -0.478 e. The lowest BCUT2D eigenvalue weighted by Crippen LogP contribution is -1.94. The monoisotopic (exact) mass is 368 g/mol. The molecular weight excluding hydrogens is 355 g/mol. The molecule has 0 aromatic heterocycles. The van der Waals surface area contributed by atoms with Gasteiger partial charge in [0.2, 0.25) is 0 Å². The number of carbonyl (C=O) groups is 1. The Bertz CT molecular complexity index is 927. The topological polar surface area (TPSA) is 37.3 Å². The van der Waals surface area contributed by atoms with Gasteiger partial charge in [-0.3, -0.25) is 0 Å². The van der Waals surface area contributed by atoms with Crippen LogP contribution in [-0.2, 0) is 0 Å². The molecular formula is C21H14Cl2O2. The zero-order valence-corrected chi connectivity index (χ0v) is 14.6. The molecule has 0 bridgehead atoms. The van der Waals surface area contributed by atoms with Gasteiger partial charge in [0.1, 0.15) is 0 Å². The largest absolute Gasteiger partial charge is 0.478 e. The lowest BCUT2D eigenvalue weighted by atomic mass is 9.99. The molecule has 0 heterocycles. The number of carboxylic acids is 1. The Balaban J connectivity index is 1.94. The second-order valence-electron chi connectivity index (χ2n) is 5.50. The van der Waals surface area contributed by atoms with Crippen LogP contribution in [0.4, 0.5) is 0 Å². The van der Waals surface area contributed by atoms with E-state index in [1.165, 1.54) is 0 Å². The second-order valence-corrected chi connectivity index (χ2v) is 6.37. The molecule has 124 valence electrons. The molecule has 0 unspecified atom stereocenters. The molecule has 0 aliphatic carbocycles. The molecule has 3 aromatic rings. The van der Waals surface area contributed by atoms with Gasteiger partial charge in [0, 0.05) is 10.0 Å². The van der Waals surface area contributed by atoms with Crippen LogP contribution in [0, 0.1) is 0 Å². The van der Waals surface area contributed by atoms with Gasteiger partial charge in [0.15, 0.2) is 0 Å². The molecule has 0 saturated carbocycles. The number of carboxylic acid groups (broad SMARTS) is 1. The van der Waals surface area contributed by atoms with Gasteiger partial charge in [0.25, 0.3) is 0 Å². The summed E-state index contributed by atoms with van der Waals surface area (Å²) in [6.45, 7) is 0. The highest BCUT2D eigenvalue weighted by Crippen LogP contribution is 2.29. The van der Waals surface area contributed by atoms with Crippen molar-refractivity contribution in [2.24, 2.45) is 0 Å². The molecule has 2 nitrogen and oxygen atoms in total. The van der Waals surface area contributed by atoms with E-state index in [1.54, 1.807) is 24.3 Å². The van der Waals surface area contributed by atoms with Crippen molar-refractivity contribution in [3.63, 3.8) is 0 Å². The maximum Gasteiger partial charge on any atom is 0.335 e. The summed E-state index contributed by atoms with van der Waals surface area (Å²) < 4.78 is 0. The molecule has 25 heavy (non-hydrogen) atoms. The standard InChI is InChI=1S/C21H14Cl2O2/c22-18-9-7-15(8-10-18)20-12-11-19(23)13-17(20)6-3-14-1-4-16(5-2-14)21(24)25/h1-13H,(H,24,25)/b6-3+. The Hall–Kier alpha value is -2.55. The van der Waals surface area contributed by atoms with E-state index in [4.69, 9.17) is 28.3 Å². The Kier molecular flexibility index (Phi) is 5.22. The van der Waals surface area contributed by atoms with E-state index in [9.17, 15) is 4.79 Å². The van der Waals surface area contributed by atoms with Crippen molar-refractivity contribution in [1.29, 1.82) is 0 Å². The minimum atomic E-state index is -0.935. The molecule has 0 saturated heterocycles. The third kappa shape index (κ3) is 4.30. The van der Waals surface area contributed by atoms with Crippen molar-refractivity contribution in [3.8, 4) is 11.1 Å². The maximum atomic E-state index is 10.9. The van der Waals surface area contributed by atoms with Crippen LogP contribution < -0.4 is 0 Å². The fourth-order valence-electron chi connectivity index (χ4n) is 2.49. The predicted molar refractivity (Wildman–Crippen MR) is 104 cm³/mol. The van der Waals surface area contributed by atoms with Crippen LogP contribution in [0.25, 0.3) is 23.3 Å². The van der Waals surface area contributed by atoms with E-state index < -0.39 is 5.97 Å². The SMILES string of the molecule is O=C(O)c1ccc(/C=C/c2cc(Cl)ccc2-c2ccc(Cl)cc2)cc1. The first-order valence-corrected chi connectivity index (χ1v) is 8.35. The van der Waals surface area contributed by atoms with E-state index in [1.807, 2.05) is 54.6 Å². The molecule has 3 rings (SSSR count). The number of rotatable bonds is 4. The Morgan fingerprint density at radius 3 is 2.08 bits per heavy atom. The van der Waals surface area contributed by atoms with Crippen molar-refractivity contribution < 1.29 is 9.90 Å². The number of hydrogen-bond donors (Lipinski definition) is 1. The van der Waals surface area contributed by atoms with Gasteiger partial charge in [-0.25, -0.2) is 4.79 Å². The average molecular weight is 369 g/mol. The fraction of sp³-hybridized carbons (Fsp3) is 0. The lowest BCUT2D eigenvalue weighted by Gasteiger charge is -2.08. The van der Waals surface area contributed by atoms with E-state index in [-0.39, 0.29) is 5.56 Å². The third-order valence-electron chi connectivity index (χ3n) is 3.78. The quantitative estimate of drug-likeness (QED) is 0.531. The zero-order chi connectivity index (χ0) is 17.8. The summed E-state index contributed by atoms with van der Waals surface area (Å²) in [5.41, 5.74) is 4.23. The fourth-order valence-corrected chi connectivity index (χ4v) is 2.79. The summed E-state index contributed by atoms with van der Waals surface area (Å²) in [4.78, 5) is 10.9. The molecule has 0 fully saturated rings. The van der Waals surface area contributed by atoms with Crippen molar-refractivity contribution in [2.45, 2.75) is 0 Å². The van der Waals surface area contributed by atoms with E-state index in [0.717, 1.165) is 22.3 Å². The molecule has 0 spiro atoms. The van der Waals surface area contributed by atoms with Crippen molar-refractivity contribution in [1.82, 2.24) is 0 Å². The van der Waals surface area contributed by atoms with Crippen LogP contribution in [0.1, 0.15) is 21.5 Å². The Morgan fingerprint density at radius 2 is 1.44 bits per heavy atom. The lowest BCUT2D eigenvalue weighted by molar-refractivity contribution is 0.0697. The highest BCUT2D eigenvalue weighted by Gasteiger charge is 2.05. The predicted octanol–water partition coefficient (Wildman–Crippen LogP) is 6.53. The van der Waals surface area contributed by atoms with E-state index >= 15 is 0 Å². The van der Waals surface area contributed by atoms with E-state index in [0.29, 0.717) is 10.0 Å². The highest BCUT2D eigenvalue weighted by atomic mass is 35.5.